The van der Waals surface area contributed by atoms with Gasteiger partial charge in [-0.05, 0) is 13.8 Å². The number of thiazole rings is 1. The summed E-state index contributed by atoms with van der Waals surface area (Å²) in [5, 5.41) is 1.59. The Morgan fingerprint density at radius 2 is 2.19 bits per heavy atom. The van der Waals surface area contributed by atoms with Gasteiger partial charge in [0.15, 0.2) is 10.8 Å². The number of primary amides is 1. The minimum Gasteiger partial charge on any atom is -0.370 e. The van der Waals surface area contributed by atoms with Gasteiger partial charge in [0, 0.05) is 23.5 Å². The maximum Gasteiger partial charge on any atom is 0.260 e. The van der Waals surface area contributed by atoms with Crippen molar-refractivity contribution in [3.8, 4) is 0 Å². The SMILES string of the molecule is CC(C)(CC(N)=O)NS(=O)(=O)c1c(NN)nc2sccn12. The second-order valence-corrected chi connectivity index (χ2v) is 7.57. The molecule has 0 unspecified atom stereocenters. The Labute approximate surface area is 125 Å². The van der Waals surface area contributed by atoms with E-state index in [1.54, 1.807) is 25.4 Å². The maximum absolute atomic E-state index is 12.6. The van der Waals surface area contributed by atoms with E-state index in [0.29, 0.717) is 4.96 Å². The first kappa shape index (κ1) is 15.7. The van der Waals surface area contributed by atoms with Crippen LogP contribution in [-0.2, 0) is 14.8 Å². The molecule has 116 valence electrons. The summed E-state index contributed by atoms with van der Waals surface area (Å²) in [6.45, 7) is 3.13. The third kappa shape index (κ3) is 3.15. The Hall–Kier alpha value is -1.69. The summed E-state index contributed by atoms with van der Waals surface area (Å²) < 4.78 is 29.0. The molecule has 0 bridgehead atoms. The van der Waals surface area contributed by atoms with Gasteiger partial charge >= 0.3 is 0 Å². The van der Waals surface area contributed by atoms with Crippen molar-refractivity contribution in [2.45, 2.75) is 30.8 Å². The third-order valence-corrected chi connectivity index (χ3v) is 5.11. The van der Waals surface area contributed by atoms with Gasteiger partial charge in [-0.2, -0.15) is 4.98 Å². The maximum atomic E-state index is 12.6. The second-order valence-electron chi connectivity index (χ2n) is 5.10. The van der Waals surface area contributed by atoms with Crippen molar-refractivity contribution in [3.05, 3.63) is 11.6 Å². The highest BCUT2D eigenvalue weighted by atomic mass is 32.2. The van der Waals surface area contributed by atoms with Crippen LogP contribution in [0.1, 0.15) is 20.3 Å². The lowest BCUT2D eigenvalue weighted by molar-refractivity contribution is -0.119. The average Bonchev–Trinajstić information content (AvgIpc) is 2.82. The van der Waals surface area contributed by atoms with Gasteiger partial charge in [0.25, 0.3) is 10.0 Å². The lowest BCUT2D eigenvalue weighted by Gasteiger charge is -2.24. The van der Waals surface area contributed by atoms with Crippen LogP contribution >= 0.6 is 11.3 Å². The molecule has 0 fully saturated rings. The molecule has 21 heavy (non-hydrogen) atoms. The van der Waals surface area contributed by atoms with Crippen LogP contribution in [0.5, 0.6) is 0 Å². The van der Waals surface area contributed by atoms with Crippen molar-refractivity contribution in [1.29, 1.82) is 0 Å². The van der Waals surface area contributed by atoms with Gasteiger partial charge in [-0.3, -0.25) is 9.20 Å². The van der Waals surface area contributed by atoms with E-state index in [0.717, 1.165) is 0 Å². The summed E-state index contributed by atoms with van der Waals surface area (Å²) >= 11 is 1.27. The number of aromatic nitrogens is 2. The Morgan fingerprint density at radius 3 is 2.76 bits per heavy atom. The first-order valence-electron chi connectivity index (χ1n) is 5.91. The Bertz CT molecular complexity index is 776. The van der Waals surface area contributed by atoms with Crippen molar-refractivity contribution in [2.75, 3.05) is 5.43 Å². The van der Waals surface area contributed by atoms with Crippen LogP contribution in [-0.4, -0.2) is 29.2 Å². The number of carbonyl (C=O) groups excluding carboxylic acids is 1. The van der Waals surface area contributed by atoms with E-state index >= 15 is 0 Å². The molecule has 0 aliphatic rings. The van der Waals surface area contributed by atoms with E-state index in [-0.39, 0.29) is 17.3 Å². The number of fused-ring (bicyclic) bond motifs is 1. The monoisotopic (exact) mass is 332 g/mol. The first-order chi connectivity index (χ1) is 9.66. The Kier molecular flexibility index (Phi) is 3.93. The molecule has 2 heterocycles. The summed E-state index contributed by atoms with van der Waals surface area (Å²) in [4.78, 5) is 15.6. The predicted octanol–water partition coefficient (Wildman–Crippen LogP) is -0.386. The van der Waals surface area contributed by atoms with Crippen LogP contribution in [0.25, 0.3) is 4.96 Å². The summed E-state index contributed by atoms with van der Waals surface area (Å²) in [5.74, 6) is 4.76. The zero-order valence-corrected chi connectivity index (χ0v) is 13.1. The smallest absolute Gasteiger partial charge is 0.260 e. The molecule has 2 rings (SSSR count). The summed E-state index contributed by atoms with van der Waals surface area (Å²) in [7, 11) is -3.95. The highest BCUT2D eigenvalue weighted by Crippen LogP contribution is 2.26. The lowest BCUT2D eigenvalue weighted by atomic mass is 10.0. The van der Waals surface area contributed by atoms with Crippen LogP contribution < -0.4 is 21.7 Å². The molecule has 0 aliphatic carbocycles. The van der Waals surface area contributed by atoms with E-state index < -0.39 is 21.5 Å². The number of nitrogens with zero attached hydrogens (tertiary/aromatic N) is 2. The number of rotatable bonds is 6. The number of hydrogen-bond acceptors (Lipinski definition) is 7. The normalized spacial score (nSPS) is 12.7. The standard InChI is InChI=1S/C10H16N6O3S2/c1-10(2,5-6(11)17)15-21(18,19)8-7(14-12)13-9-16(8)3-4-20-9/h3-4,14-15H,5,12H2,1-2H3,(H2,11,17). The Balaban J connectivity index is 2.46. The number of hydrogen-bond donors (Lipinski definition) is 4. The van der Waals surface area contributed by atoms with Crippen molar-refractivity contribution < 1.29 is 13.2 Å². The minimum absolute atomic E-state index is 0.0317. The van der Waals surface area contributed by atoms with Crippen LogP contribution in [0.2, 0.25) is 0 Å². The largest absolute Gasteiger partial charge is 0.370 e. The topological polar surface area (TPSA) is 145 Å². The van der Waals surface area contributed by atoms with E-state index in [1.807, 2.05) is 0 Å². The lowest BCUT2D eigenvalue weighted by Crippen LogP contribution is -2.46. The zero-order chi connectivity index (χ0) is 15.8. The summed E-state index contributed by atoms with van der Waals surface area (Å²) in [6.07, 6.45) is 1.44. The number of hydrazine groups is 1. The molecule has 0 saturated heterocycles. The van der Waals surface area contributed by atoms with E-state index in [1.165, 1.54) is 15.7 Å². The average molecular weight is 332 g/mol. The van der Waals surface area contributed by atoms with Gasteiger partial charge in [0.1, 0.15) is 0 Å². The molecule has 0 radical (unpaired) electrons. The number of nitrogens with one attached hydrogen (secondary N) is 2. The molecular formula is C10H16N6O3S2. The van der Waals surface area contributed by atoms with E-state index in [4.69, 9.17) is 11.6 Å². The van der Waals surface area contributed by atoms with Crippen LogP contribution in [0.3, 0.4) is 0 Å². The molecule has 0 spiro atoms. The van der Waals surface area contributed by atoms with Crippen LogP contribution in [0.15, 0.2) is 16.6 Å². The summed E-state index contributed by atoms with van der Waals surface area (Å²) in [5.41, 5.74) is 6.36. The third-order valence-electron chi connectivity index (χ3n) is 2.64. The van der Waals surface area contributed by atoms with E-state index in [2.05, 4.69) is 15.1 Å². The molecular weight excluding hydrogens is 316 g/mol. The number of anilines is 1. The van der Waals surface area contributed by atoms with Gasteiger partial charge in [-0.25, -0.2) is 19.0 Å². The molecule has 6 N–H and O–H groups in total. The minimum atomic E-state index is -3.95. The van der Waals surface area contributed by atoms with Gasteiger partial charge in [0.2, 0.25) is 10.9 Å². The molecule has 0 aromatic carbocycles. The Morgan fingerprint density at radius 1 is 1.52 bits per heavy atom. The molecule has 1 amide bonds. The fourth-order valence-electron chi connectivity index (χ4n) is 2.00. The molecule has 2 aromatic heterocycles. The first-order valence-corrected chi connectivity index (χ1v) is 8.27. The fourth-order valence-corrected chi connectivity index (χ4v) is 4.43. The second kappa shape index (κ2) is 5.26. The number of nitrogens with two attached hydrogens (primary N) is 2. The quantitative estimate of drug-likeness (QED) is 0.419. The predicted molar refractivity (Wildman–Crippen MR) is 79.1 cm³/mol. The van der Waals surface area contributed by atoms with Crippen LogP contribution in [0.4, 0.5) is 5.82 Å². The number of carbonyl (C=O) groups is 1. The van der Waals surface area contributed by atoms with Crippen molar-refractivity contribution in [2.24, 2.45) is 11.6 Å². The van der Waals surface area contributed by atoms with Crippen LogP contribution in [0, 0.1) is 0 Å². The molecule has 11 heteroatoms. The van der Waals surface area contributed by atoms with Gasteiger partial charge in [-0.15, -0.1) is 11.3 Å². The number of amides is 1. The molecule has 0 atom stereocenters. The highest BCUT2D eigenvalue weighted by molar-refractivity contribution is 7.89. The summed E-state index contributed by atoms with van der Waals surface area (Å²) in [6, 6.07) is 0. The molecule has 9 nitrogen and oxygen atoms in total. The number of sulfonamides is 1. The molecule has 2 aromatic rings. The zero-order valence-electron chi connectivity index (χ0n) is 11.5. The van der Waals surface area contributed by atoms with Gasteiger partial charge in [0.05, 0.1) is 0 Å². The van der Waals surface area contributed by atoms with Crippen molar-refractivity contribution >= 4 is 38.0 Å². The van der Waals surface area contributed by atoms with Gasteiger partial charge < -0.3 is 11.2 Å². The highest BCUT2D eigenvalue weighted by Gasteiger charge is 2.32. The van der Waals surface area contributed by atoms with Crippen molar-refractivity contribution in [3.63, 3.8) is 0 Å². The number of nitrogen functional groups attached to an aromatic ring is 1. The molecule has 0 saturated carbocycles. The van der Waals surface area contributed by atoms with Crippen molar-refractivity contribution in [1.82, 2.24) is 14.1 Å². The number of imidazole rings is 1. The van der Waals surface area contributed by atoms with Gasteiger partial charge in [-0.1, -0.05) is 0 Å². The van der Waals surface area contributed by atoms with E-state index in [9.17, 15) is 13.2 Å². The molecule has 0 aliphatic heterocycles. The fraction of sp³-hybridized carbons (Fsp3) is 0.400.